The molecule has 1 aromatic heterocycles. The van der Waals surface area contributed by atoms with Crippen molar-refractivity contribution < 1.29 is 9.47 Å². The maximum absolute atomic E-state index is 5.41. The summed E-state index contributed by atoms with van der Waals surface area (Å²) in [6.07, 6.45) is 6.91. The average molecular weight is 253 g/mol. The van der Waals surface area contributed by atoms with Gasteiger partial charge in [0.1, 0.15) is 0 Å². The molecule has 0 aliphatic carbocycles. The van der Waals surface area contributed by atoms with E-state index in [4.69, 9.17) is 9.47 Å². The maximum atomic E-state index is 5.41. The van der Waals surface area contributed by atoms with Crippen molar-refractivity contribution in [3.63, 3.8) is 0 Å². The van der Waals surface area contributed by atoms with Crippen LogP contribution in [0.5, 0.6) is 0 Å². The van der Waals surface area contributed by atoms with Crippen LogP contribution in [0.2, 0.25) is 0 Å². The predicted octanol–water partition coefficient (Wildman–Crippen LogP) is 1.90. The van der Waals surface area contributed by atoms with E-state index in [9.17, 15) is 0 Å². The molecule has 0 saturated carbocycles. The van der Waals surface area contributed by atoms with E-state index in [1.54, 1.807) is 7.11 Å². The molecule has 0 bridgehead atoms. The van der Waals surface area contributed by atoms with Crippen molar-refractivity contribution in [3.8, 4) is 0 Å². The lowest BCUT2D eigenvalue weighted by molar-refractivity contribution is 0.0654. The molecule has 0 unspecified atom stereocenters. The molecule has 1 N–H and O–H groups in total. The predicted molar refractivity (Wildman–Crippen MR) is 70.8 cm³/mol. The van der Waals surface area contributed by atoms with E-state index >= 15 is 0 Å². The van der Waals surface area contributed by atoms with Crippen LogP contribution in [0.25, 0.3) is 0 Å². The van der Waals surface area contributed by atoms with Gasteiger partial charge in [0.25, 0.3) is 0 Å². The van der Waals surface area contributed by atoms with Crippen LogP contribution >= 0.6 is 0 Å². The molecule has 0 radical (unpaired) electrons. The Morgan fingerprint density at radius 3 is 3.00 bits per heavy atom. The molecule has 5 nitrogen and oxygen atoms in total. The average Bonchev–Trinajstić information content (AvgIpc) is 2.77. The van der Waals surface area contributed by atoms with E-state index in [0.29, 0.717) is 0 Å². The summed E-state index contributed by atoms with van der Waals surface area (Å²) in [6.45, 7) is 5.61. The van der Waals surface area contributed by atoms with Crippen molar-refractivity contribution in [2.45, 2.75) is 38.3 Å². The van der Waals surface area contributed by atoms with Gasteiger partial charge in [-0.3, -0.25) is 0 Å². The fraction of sp³-hybridized carbons (Fsp3) is 0.769. The number of rotatable bonds is 6. The minimum Gasteiger partial charge on any atom is -0.385 e. The van der Waals surface area contributed by atoms with Gasteiger partial charge in [0.15, 0.2) is 0 Å². The molecule has 1 fully saturated rings. The molecule has 0 spiro atoms. The number of nitrogens with one attached hydrogen (secondary N) is 1. The number of ether oxygens (including phenoxy) is 2. The van der Waals surface area contributed by atoms with Crippen LogP contribution in [-0.2, 0) is 16.0 Å². The topological polar surface area (TPSA) is 48.3 Å². The summed E-state index contributed by atoms with van der Waals surface area (Å²) in [5, 5.41) is 3.56. The van der Waals surface area contributed by atoms with Crippen molar-refractivity contribution in [1.82, 2.24) is 9.55 Å². The highest BCUT2D eigenvalue weighted by molar-refractivity contribution is 5.30. The molecule has 1 aliphatic heterocycles. The van der Waals surface area contributed by atoms with Gasteiger partial charge in [-0.1, -0.05) is 0 Å². The zero-order valence-corrected chi connectivity index (χ0v) is 11.3. The first-order valence-electron chi connectivity index (χ1n) is 6.59. The number of aryl methyl sites for hydroxylation is 1. The zero-order chi connectivity index (χ0) is 12.8. The molecule has 102 valence electrons. The number of hydrogen-bond acceptors (Lipinski definition) is 4. The normalized spacial score (nSPS) is 18.8. The third kappa shape index (κ3) is 3.46. The quantitative estimate of drug-likeness (QED) is 0.787. The molecule has 1 aliphatic rings. The molecular weight excluding hydrogens is 230 g/mol. The van der Waals surface area contributed by atoms with Crippen LogP contribution in [0.3, 0.4) is 0 Å². The van der Waals surface area contributed by atoms with Crippen molar-refractivity contribution in [2.24, 2.45) is 0 Å². The Balaban J connectivity index is 1.93. The monoisotopic (exact) mass is 253 g/mol. The Morgan fingerprint density at radius 2 is 2.28 bits per heavy atom. The van der Waals surface area contributed by atoms with Gasteiger partial charge in [0, 0.05) is 51.4 Å². The van der Waals surface area contributed by atoms with E-state index in [2.05, 4.69) is 21.8 Å². The highest BCUT2D eigenvalue weighted by Gasteiger charge is 2.28. The van der Waals surface area contributed by atoms with Crippen molar-refractivity contribution >= 4 is 5.95 Å². The van der Waals surface area contributed by atoms with E-state index in [-0.39, 0.29) is 5.54 Å². The molecule has 2 rings (SSSR count). The number of imidazole rings is 1. The number of nitrogens with zero attached hydrogens (tertiary/aromatic N) is 2. The Hall–Kier alpha value is -1.07. The van der Waals surface area contributed by atoms with E-state index < -0.39 is 0 Å². The first-order chi connectivity index (χ1) is 8.73. The third-order valence-corrected chi connectivity index (χ3v) is 3.47. The van der Waals surface area contributed by atoms with Crippen LogP contribution in [-0.4, -0.2) is 42.0 Å². The standard InChI is InChI=1S/C13H23N3O2/c1-13(4-10-18-11-5-13)15-12-14-6-8-16(12)7-3-9-17-2/h6,8H,3-5,7,9-11H2,1-2H3,(H,14,15). The molecule has 0 atom stereocenters. The van der Waals surface area contributed by atoms with Gasteiger partial charge in [-0.05, 0) is 26.2 Å². The van der Waals surface area contributed by atoms with Crippen molar-refractivity contribution in [2.75, 3.05) is 32.2 Å². The van der Waals surface area contributed by atoms with Crippen molar-refractivity contribution in [1.29, 1.82) is 0 Å². The highest BCUT2D eigenvalue weighted by Crippen LogP contribution is 2.24. The van der Waals surface area contributed by atoms with Gasteiger partial charge >= 0.3 is 0 Å². The second-order valence-electron chi connectivity index (χ2n) is 5.09. The van der Waals surface area contributed by atoms with Gasteiger partial charge in [-0.15, -0.1) is 0 Å². The minimum atomic E-state index is 0.0998. The molecule has 0 aromatic carbocycles. The molecular formula is C13H23N3O2. The van der Waals surface area contributed by atoms with Crippen LogP contribution < -0.4 is 5.32 Å². The fourth-order valence-corrected chi connectivity index (χ4v) is 2.21. The van der Waals surface area contributed by atoms with Gasteiger partial charge < -0.3 is 19.4 Å². The fourth-order valence-electron chi connectivity index (χ4n) is 2.21. The lowest BCUT2D eigenvalue weighted by Crippen LogP contribution is -2.41. The smallest absolute Gasteiger partial charge is 0.203 e. The largest absolute Gasteiger partial charge is 0.385 e. The molecule has 1 aromatic rings. The summed E-state index contributed by atoms with van der Waals surface area (Å²) in [7, 11) is 1.73. The lowest BCUT2D eigenvalue weighted by Gasteiger charge is -2.35. The van der Waals surface area contributed by atoms with Gasteiger partial charge in [0.05, 0.1) is 0 Å². The summed E-state index contributed by atoms with van der Waals surface area (Å²) in [4.78, 5) is 4.40. The van der Waals surface area contributed by atoms with E-state index in [1.807, 2.05) is 12.4 Å². The molecule has 0 amide bonds. The summed E-state index contributed by atoms with van der Waals surface area (Å²) < 4.78 is 12.6. The second-order valence-corrected chi connectivity index (χ2v) is 5.09. The third-order valence-electron chi connectivity index (χ3n) is 3.47. The summed E-state index contributed by atoms with van der Waals surface area (Å²) >= 11 is 0. The van der Waals surface area contributed by atoms with Crippen LogP contribution in [0, 0.1) is 0 Å². The van der Waals surface area contributed by atoms with E-state index in [0.717, 1.165) is 51.6 Å². The van der Waals surface area contributed by atoms with Gasteiger partial charge in [0.2, 0.25) is 5.95 Å². The Labute approximate surface area is 108 Å². The van der Waals surface area contributed by atoms with E-state index in [1.165, 1.54) is 0 Å². The number of aromatic nitrogens is 2. The van der Waals surface area contributed by atoms with Crippen molar-refractivity contribution in [3.05, 3.63) is 12.4 Å². The molecule has 2 heterocycles. The minimum absolute atomic E-state index is 0.0998. The maximum Gasteiger partial charge on any atom is 0.203 e. The number of hydrogen-bond donors (Lipinski definition) is 1. The summed E-state index contributed by atoms with van der Waals surface area (Å²) in [5.41, 5.74) is 0.0998. The molecule has 5 heteroatoms. The Bertz CT molecular complexity index is 359. The van der Waals surface area contributed by atoms with Crippen LogP contribution in [0.1, 0.15) is 26.2 Å². The first kappa shape index (κ1) is 13.4. The number of anilines is 1. The first-order valence-corrected chi connectivity index (χ1v) is 6.59. The highest BCUT2D eigenvalue weighted by atomic mass is 16.5. The summed E-state index contributed by atoms with van der Waals surface area (Å²) in [6, 6.07) is 0. The zero-order valence-electron chi connectivity index (χ0n) is 11.3. The number of methoxy groups -OCH3 is 1. The molecule has 1 saturated heterocycles. The van der Waals surface area contributed by atoms with Crippen LogP contribution in [0.15, 0.2) is 12.4 Å². The SMILES string of the molecule is COCCCn1ccnc1NC1(C)CCOCC1. The Kier molecular flexibility index (Phi) is 4.60. The second kappa shape index (κ2) is 6.20. The summed E-state index contributed by atoms with van der Waals surface area (Å²) in [5.74, 6) is 0.954. The Morgan fingerprint density at radius 1 is 1.50 bits per heavy atom. The van der Waals surface area contributed by atoms with Gasteiger partial charge in [-0.25, -0.2) is 4.98 Å². The van der Waals surface area contributed by atoms with Gasteiger partial charge in [-0.2, -0.15) is 0 Å². The van der Waals surface area contributed by atoms with Crippen LogP contribution in [0.4, 0.5) is 5.95 Å². The lowest BCUT2D eigenvalue weighted by atomic mass is 9.93. The molecule has 18 heavy (non-hydrogen) atoms.